The number of fused-ring (bicyclic) bond motifs is 3. The van der Waals surface area contributed by atoms with Gasteiger partial charge < -0.3 is 30.9 Å². The van der Waals surface area contributed by atoms with Gasteiger partial charge >= 0.3 is 0 Å². The maximum absolute atomic E-state index is 16.2. The molecule has 0 bridgehead atoms. The van der Waals surface area contributed by atoms with E-state index in [0.717, 1.165) is 11.3 Å². The molecule has 8 rings (SSSR count). The molecule has 4 aliphatic heterocycles. The molecule has 1 unspecified atom stereocenters. The molecule has 5 atom stereocenters. The van der Waals surface area contributed by atoms with E-state index in [2.05, 4.69) is 71.0 Å². The zero-order valence-electron chi connectivity index (χ0n) is 35.5. The van der Waals surface area contributed by atoms with Crippen LogP contribution in [0.25, 0.3) is 0 Å². The predicted molar refractivity (Wildman–Crippen MR) is 242 cm³/mol. The van der Waals surface area contributed by atoms with E-state index in [4.69, 9.17) is 27.9 Å². The van der Waals surface area contributed by atoms with Crippen LogP contribution in [0.2, 0.25) is 10.0 Å². The van der Waals surface area contributed by atoms with Crippen LogP contribution in [0.15, 0.2) is 72.8 Å². The van der Waals surface area contributed by atoms with Crippen molar-refractivity contribution in [2.75, 3.05) is 30.8 Å². The Hall–Kier alpha value is -6.38. The van der Waals surface area contributed by atoms with Crippen LogP contribution < -0.4 is 31.3 Å². The Labute approximate surface area is 380 Å². The highest BCUT2D eigenvalue weighted by atomic mass is 35.5. The monoisotopic (exact) mass is 902 g/mol. The van der Waals surface area contributed by atoms with Gasteiger partial charge in [0.15, 0.2) is 0 Å². The lowest BCUT2D eigenvalue weighted by molar-refractivity contribution is -0.137. The topological polar surface area (TPSA) is 158 Å². The van der Waals surface area contributed by atoms with Gasteiger partial charge in [0.1, 0.15) is 17.6 Å². The zero-order chi connectivity index (χ0) is 45.5. The van der Waals surface area contributed by atoms with Gasteiger partial charge in [-0.05, 0) is 95.3 Å². The van der Waals surface area contributed by atoms with Gasteiger partial charge in [-0.2, -0.15) is 0 Å². The van der Waals surface area contributed by atoms with Gasteiger partial charge in [-0.25, -0.2) is 4.39 Å². The molecule has 64 heavy (non-hydrogen) atoms. The first-order chi connectivity index (χ1) is 30.6. The van der Waals surface area contributed by atoms with Gasteiger partial charge in [-0.15, -0.1) is 0 Å². The quantitative estimate of drug-likeness (QED) is 0.0985. The number of methoxy groups -OCH3 is 1. The van der Waals surface area contributed by atoms with Crippen LogP contribution in [0, 0.1) is 34.9 Å². The van der Waals surface area contributed by atoms with Crippen molar-refractivity contribution < 1.29 is 33.1 Å². The molecule has 0 radical (unpaired) electrons. The molecule has 4 heterocycles. The van der Waals surface area contributed by atoms with E-state index in [-0.39, 0.29) is 65.5 Å². The number of piperidine rings is 1. The fourth-order valence-corrected chi connectivity index (χ4v) is 9.88. The number of anilines is 2. The minimum absolute atomic E-state index is 0.0283. The largest absolute Gasteiger partial charge is 0.495 e. The number of imide groups is 1. The van der Waals surface area contributed by atoms with Crippen molar-refractivity contribution in [2.45, 2.75) is 76.0 Å². The summed E-state index contributed by atoms with van der Waals surface area (Å²) >= 11 is 12.8. The number of nitrogens with one attached hydrogen (secondary N) is 5. The van der Waals surface area contributed by atoms with Gasteiger partial charge in [0, 0.05) is 64.3 Å². The predicted octanol–water partition coefficient (Wildman–Crippen LogP) is 6.55. The summed E-state index contributed by atoms with van der Waals surface area (Å²) < 4.78 is 21.9. The first-order valence-corrected chi connectivity index (χ1v) is 21.6. The molecule has 15 heteroatoms. The van der Waals surface area contributed by atoms with Gasteiger partial charge in [-0.3, -0.25) is 29.3 Å². The Bertz CT molecular complexity index is 2750. The van der Waals surface area contributed by atoms with Crippen molar-refractivity contribution >= 4 is 64.1 Å². The highest BCUT2D eigenvalue weighted by molar-refractivity contribution is 6.31. The molecule has 0 aromatic heterocycles. The number of benzene rings is 4. The summed E-state index contributed by atoms with van der Waals surface area (Å²) in [5, 5.41) is 15.7. The third kappa shape index (κ3) is 8.39. The zero-order valence-corrected chi connectivity index (χ0v) is 37.0. The molecule has 2 saturated heterocycles. The number of nitrogens with zero attached hydrogens (tertiary/aromatic N) is 1. The maximum atomic E-state index is 16.2. The molecule has 5 amide bonds. The molecule has 0 aliphatic carbocycles. The van der Waals surface area contributed by atoms with Crippen molar-refractivity contribution in [1.82, 2.24) is 20.9 Å². The van der Waals surface area contributed by atoms with E-state index < -0.39 is 47.0 Å². The molecule has 2 fully saturated rings. The lowest BCUT2D eigenvalue weighted by atomic mass is 9.63. The second-order valence-electron chi connectivity index (χ2n) is 17.5. The van der Waals surface area contributed by atoms with Crippen LogP contribution in [0.5, 0.6) is 5.75 Å². The SMILES string of the molecule is COc1cc(C(=O)NCC#CC#Cc2cccc3c2CN(C2CCC(=O)NC2=O)C3=O)ccc1NC(=O)[C@@H]1N[C@@H](CC(C)(C)C)[C@@]2(CNc3cc(Cl)ccc32)[C@H]1c1cccc(Cl)c1F. The molecule has 12 nitrogen and oxygen atoms in total. The van der Waals surface area contributed by atoms with Gasteiger partial charge in [0.25, 0.3) is 11.8 Å². The Balaban J connectivity index is 0.971. The van der Waals surface area contributed by atoms with E-state index in [1.54, 1.807) is 42.5 Å². The van der Waals surface area contributed by atoms with Crippen molar-refractivity contribution in [3.05, 3.63) is 122 Å². The van der Waals surface area contributed by atoms with Crippen molar-refractivity contribution in [3.63, 3.8) is 0 Å². The van der Waals surface area contributed by atoms with Crippen LogP contribution in [0.4, 0.5) is 15.8 Å². The molecule has 1 spiro atoms. The molecule has 5 N–H and O–H groups in total. The summed E-state index contributed by atoms with van der Waals surface area (Å²) in [6.45, 7) is 6.96. The molecule has 4 aliphatic rings. The summed E-state index contributed by atoms with van der Waals surface area (Å²) in [7, 11) is 1.43. The van der Waals surface area contributed by atoms with Crippen LogP contribution in [0.3, 0.4) is 0 Å². The van der Waals surface area contributed by atoms with Crippen LogP contribution in [-0.4, -0.2) is 72.8 Å². The summed E-state index contributed by atoms with van der Waals surface area (Å²) in [5.41, 5.74) is 3.40. The van der Waals surface area contributed by atoms with Crippen molar-refractivity contribution in [3.8, 4) is 29.4 Å². The van der Waals surface area contributed by atoms with E-state index in [1.165, 1.54) is 24.1 Å². The Morgan fingerprint density at radius 2 is 1.81 bits per heavy atom. The fraction of sp³-hybridized carbons (Fsp3) is 0.327. The highest BCUT2D eigenvalue weighted by Gasteiger charge is 2.61. The van der Waals surface area contributed by atoms with E-state index in [9.17, 15) is 24.0 Å². The lowest BCUT2D eigenvalue weighted by Crippen LogP contribution is -2.52. The molecular weight excluding hydrogens is 858 g/mol. The Morgan fingerprint density at radius 1 is 1.02 bits per heavy atom. The average Bonchev–Trinajstić information content (AvgIpc) is 3.90. The van der Waals surface area contributed by atoms with Crippen molar-refractivity contribution in [1.29, 1.82) is 0 Å². The minimum atomic E-state index is -0.920. The number of amides is 5. The third-order valence-corrected chi connectivity index (χ3v) is 12.9. The van der Waals surface area contributed by atoms with Crippen LogP contribution in [-0.2, 0) is 26.3 Å². The molecule has 4 aromatic carbocycles. The number of hydrogen-bond donors (Lipinski definition) is 5. The molecule has 0 saturated carbocycles. The second kappa shape index (κ2) is 17.6. The summed E-state index contributed by atoms with van der Waals surface area (Å²) in [6, 6.07) is 18.4. The standard InChI is InChI=1S/C49H45Cl2FN6O6/c1-48(2,3)24-39-49(26-54-36-23-29(50)16-17-33(36)49)41(31-13-9-14-34(51)42(31)52)43(56-39)46(62)55-35-18-15-28(22-38(35)64-4)44(60)53-21-7-5-6-10-27-11-8-12-30-32(27)25-58(47(30)63)37-19-20-40(59)57-45(37)61/h8-9,11-18,22-23,37,39,41,43,54,56H,19-21,24-26H2,1-4H3,(H,53,60)(H,55,62)(H,57,59,61)/t37?,39-,41-,43+,49-/m0/s1. The maximum Gasteiger partial charge on any atom is 0.255 e. The molecular formula is C49H45Cl2FN6O6. The number of hydrogen-bond acceptors (Lipinski definition) is 8. The number of ether oxygens (including phenoxy) is 1. The van der Waals surface area contributed by atoms with Gasteiger partial charge in [0.2, 0.25) is 17.7 Å². The Kier molecular flexibility index (Phi) is 12.2. The van der Waals surface area contributed by atoms with Crippen molar-refractivity contribution in [2.24, 2.45) is 5.41 Å². The van der Waals surface area contributed by atoms with E-state index in [1.807, 2.05) is 18.2 Å². The molecule has 328 valence electrons. The summed E-state index contributed by atoms with van der Waals surface area (Å²) in [6.07, 6.45) is 1.08. The summed E-state index contributed by atoms with van der Waals surface area (Å²) in [4.78, 5) is 66.5. The molecule has 4 aromatic rings. The number of carbonyl (C=O) groups is 5. The number of rotatable bonds is 8. The third-order valence-electron chi connectivity index (χ3n) is 12.3. The highest BCUT2D eigenvalue weighted by Crippen LogP contribution is 2.56. The summed E-state index contributed by atoms with van der Waals surface area (Å²) in [5.74, 6) is 8.22. The van der Waals surface area contributed by atoms with Crippen LogP contribution in [0.1, 0.15) is 88.9 Å². The number of halogens is 3. The Morgan fingerprint density at radius 3 is 2.58 bits per heavy atom. The van der Waals surface area contributed by atoms with Crippen LogP contribution >= 0.6 is 23.2 Å². The normalized spacial score (nSPS) is 22.0. The van der Waals surface area contributed by atoms with Gasteiger partial charge in [0.05, 0.1) is 30.4 Å². The fourth-order valence-electron chi connectivity index (χ4n) is 9.53. The lowest BCUT2D eigenvalue weighted by Gasteiger charge is -2.39. The smallest absolute Gasteiger partial charge is 0.255 e. The van der Waals surface area contributed by atoms with E-state index >= 15 is 4.39 Å². The van der Waals surface area contributed by atoms with E-state index in [0.29, 0.717) is 45.9 Å². The minimum Gasteiger partial charge on any atom is -0.495 e. The first-order valence-electron chi connectivity index (χ1n) is 20.9. The average molecular weight is 904 g/mol. The first kappa shape index (κ1) is 44.2. The van der Waals surface area contributed by atoms with Gasteiger partial charge in [-0.1, -0.05) is 80.1 Å². The second-order valence-corrected chi connectivity index (χ2v) is 18.4. The number of carbonyl (C=O) groups excluding carboxylic acids is 5.